The van der Waals surface area contributed by atoms with Crippen LogP contribution in [0.5, 0.6) is 0 Å². The Morgan fingerprint density at radius 1 is 1.05 bits per heavy atom. The highest BCUT2D eigenvalue weighted by Crippen LogP contribution is 2.26. The molecule has 0 unspecified atom stereocenters. The first-order chi connectivity index (χ1) is 10.8. The van der Waals surface area contributed by atoms with Crippen LogP contribution in [0.15, 0.2) is 42.9 Å². The molecule has 0 aliphatic carbocycles. The van der Waals surface area contributed by atoms with Crippen molar-refractivity contribution in [3.63, 3.8) is 0 Å². The van der Waals surface area contributed by atoms with Crippen molar-refractivity contribution in [3.8, 4) is 11.3 Å². The van der Waals surface area contributed by atoms with Crippen LogP contribution in [0.4, 0.5) is 0 Å². The van der Waals surface area contributed by atoms with Crippen molar-refractivity contribution in [2.45, 2.75) is 19.4 Å². The van der Waals surface area contributed by atoms with Crippen molar-refractivity contribution in [1.82, 2.24) is 19.4 Å². The van der Waals surface area contributed by atoms with Crippen molar-refractivity contribution in [1.29, 1.82) is 0 Å². The van der Waals surface area contributed by atoms with Crippen LogP contribution in [-0.2, 0) is 13.6 Å². The molecule has 112 valence electrons. The van der Waals surface area contributed by atoms with Gasteiger partial charge in [-0.05, 0) is 49.7 Å². The lowest BCUT2D eigenvalue weighted by Crippen LogP contribution is -2.18. The topological polar surface area (TPSA) is 34.0 Å². The summed E-state index contributed by atoms with van der Waals surface area (Å²) in [5.74, 6) is 0. The molecule has 0 saturated carbocycles. The number of likely N-dealkylation sites (tertiary alicyclic amines) is 1. The first-order valence-electron chi connectivity index (χ1n) is 7.89. The second-order valence-electron chi connectivity index (χ2n) is 6.06. The van der Waals surface area contributed by atoms with Gasteiger partial charge >= 0.3 is 0 Å². The molecule has 0 atom stereocenters. The predicted molar refractivity (Wildman–Crippen MR) is 88.5 cm³/mol. The number of pyridine rings is 2. The molecule has 0 spiro atoms. The summed E-state index contributed by atoms with van der Waals surface area (Å²) in [7, 11) is 2.02. The zero-order valence-corrected chi connectivity index (χ0v) is 12.9. The van der Waals surface area contributed by atoms with Crippen molar-refractivity contribution < 1.29 is 0 Å². The minimum absolute atomic E-state index is 1.00. The molecule has 3 aromatic rings. The molecule has 1 aliphatic rings. The monoisotopic (exact) mass is 292 g/mol. The lowest BCUT2D eigenvalue weighted by molar-refractivity contribution is 0.331. The summed E-state index contributed by atoms with van der Waals surface area (Å²) in [5, 5.41) is 1.16. The van der Waals surface area contributed by atoms with E-state index in [9.17, 15) is 0 Å². The van der Waals surface area contributed by atoms with Gasteiger partial charge in [0.1, 0.15) is 5.65 Å². The van der Waals surface area contributed by atoms with Crippen LogP contribution < -0.4 is 0 Å². The molecule has 1 aliphatic heterocycles. The number of rotatable bonds is 3. The summed E-state index contributed by atoms with van der Waals surface area (Å²) in [6.45, 7) is 3.46. The lowest BCUT2D eigenvalue weighted by Gasteiger charge is -2.14. The molecule has 3 aromatic heterocycles. The maximum absolute atomic E-state index is 4.69. The fourth-order valence-corrected chi connectivity index (χ4v) is 3.26. The van der Waals surface area contributed by atoms with Gasteiger partial charge in [0.05, 0.1) is 5.69 Å². The Morgan fingerprint density at radius 3 is 2.68 bits per heavy atom. The van der Waals surface area contributed by atoms with E-state index in [4.69, 9.17) is 0 Å². The normalized spacial score (nSPS) is 15.7. The largest absolute Gasteiger partial charge is 0.336 e. The van der Waals surface area contributed by atoms with Crippen molar-refractivity contribution >= 4 is 11.0 Å². The average Bonchev–Trinajstić information content (AvgIpc) is 3.18. The summed E-state index contributed by atoms with van der Waals surface area (Å²) in [6, 6.07) is 8.49. The van der Waals surface area contributed by atoms with E-state index < -0.39 is 0 Å². The standard InChI is InChI=1S/C18H20N4/c1-21-11-7-16-15(6-8-19-18(16)21)17-5-4-14(12-20-17)13-22-9-2-3-10-22/h4-8,11-12H,2-3,9-10,13H2,1H3. The van der Waals surface area contributed by atoms with E-state index in [1.54, 1.807) is 0 Å². The van der Waals surface area contributed by atoms with E-state index in [0.717, 1.165) is 28.8 Å². The maximum atomic E-state index is 4.69. The molecule has 4 heteroatoms. The highest BCUT2D eigenvalue weighted by atomic mass is 15.1. The second-order valence-corrected chi connectivity index (χ2v) is 6.06. The molecule has 0 amide bonds. The van der Waals surface area contributed by atoms with Crippen LogP contribution in [0, 0.1) is 0 Å². The van der Waals surface area contributed by atoms with Gasteiger partial charge in [0, 0.05) is 43.1 Å². The van der Waals surface area contributed by atoms with Gasteiger partial charge in [-0.3, -0.25) is 9.88 Å². The molecule has 0 bridgehead atoms. The van der Waals surface area contributed by atoms with E-state index >= 15 is 0 Å². The molecular formula is C18H20N4. The third-order valence-corrected chi connectivity index (χ3v) is 4.47. The molecule has 1 saturated heterocycles. The summed E-state index contributed by atoms with van der Waals surface area (Å²) in [6.07, 6.45) is 8.58. The fourth-order valence-electron chi connectivity index (χ4n) is 3.26. The number of aromatic nitrogens is 3. The van der Waals surface area contributed by atoms with Gasteiger partial charge in [0.15, 0.2) is 0 Å². The van der Waals surface area contributed by atoms with Crippen LogP contribution >= 0.6 is 0 Å². The molecule has 0 aromatic carbocycles. The van der Waals surface area contributed by atoms with Gasteiger partial charge < -0.3 is 4.57 Å². The van der Waals surface area contributed by atoms with E-state index in [1.807, 2.05) is 36.3 Å². The zero-order valence-electron chi connectivity index (χ0n) is 12.9. The number of hydrogen-bond acceptors (Lipinski definition) is 3. The average molecular weight is 292 g/mol. The smallest absolute Gasteiger partial charge is 0.140 e. The number of aryl methyl sites for hydroxylation is 1. The van der Waals surface area contributed by atoms with Crippen molar-refractivity contribution in [2.24, 2.45) is 7.05 Å². The first kappa shape index (κ1) is 13.5. The Kier molecular flexibility index (Phi) is 3.39. The van der Waals surface area contributed by atoms with Crippen LogP contribution in [0.25, 0.3) is 22.3 Å². The first-order valence-corrected chi connectivity index (χ1v) is 7.89. The van der Waals surface area contributed by atoms with Crippen LogP contribution in [0.3, 0.4) is 0 Å². The van der Waals surface area contributed by atoms with Gasteiger partial charge in [0.25, 0.3) is 0 Å². The highest BCUT2D eigenvalue weighted by Gasteiger charge is 2.12. The summed E-state index contributed by atoms with van der Waals surface area (Å²) in [5.41, 5.74) is 4.46. The van der Waals surface area contributed by atoms with E-state index in [2.05, 4.69) is 33.1 Å². The van der Waals surface area contributed by atoms with Gasteiger partial charge in [-0.2, -0.15) is 0 Å². The quantitative estimate of drug-likeness (QED) is 0.743. The van der Waals surface area contributed by atoms with Gasteiger partial charge in [-0.1, -0.05) is 6.07 Å². The minimum Gasteiger partial charge on any atom is -0.336 e. The fraction of sp³-hybridized carbons (Fsp3) is 0.333. The Bertz CT molecular complexity index is 782. The Balaban J connectivity index is 1.64. The number of nitrogens with zero attached hydrogens (tertiary/aromatic N) is 4. The molecule has 4 rings (SSSR count). The van der Waals surface area contributed by atoms with E-state index in [0.29, 0.717) is 0 Å². The molecule has 0 N–H and O–H groups in total. The van der Waals surface area contributed by atoms with Crippen LogP contribution in [0.2, 0.25) is 0 Å². The Hall–Kier alpha value is -2.20. The molecule has 4 heterocycles. The van der Waals surface area contributed by atoms with Crippen molar-refractivity contribution in [2.75, 3.05) is 13.1 Å². The molecule has 0 radical (unpaired) electrons. The van der Waals surface area contributed by atoms with Crippen LogP contribution in [-0.4, -0.2) is 32.5 Å². The van der Waals surface area contributed by atoms with Gasteiger partial charge in [-0.25, -0.2) is 4.98 Å². The number of fused-ring (bicyclic) bond motifs is 1. The van der Waals surface area contributed by atoms with Crippen LogP contribution in [0.1, 0.15) is 18.4 Å². The SMILES string of the molecule is Cn1ccc2c(-c3ccc(CN4CCCC4)cn3)ccnc21. The highest BCUT2D eigenvalue weighted by molar-refractivity contribution is 5.92. The second kappa shape index (κ2) is 5.54. The predicted octanol–water partition coefficient (Wildman–Crippen LogP) is 3.23. The van der Waals surface area contributed by atoms with Gasteiger partial charge in [0.2, 0.25) is 0 Å². The zero-order chi connectivity index (χ0) is 14.9. The summed E-state index contributed by atoms with van der Waals surface area (Å²) in [4.78, 5) is 11.6. The minimum atomic E-state index is 1.00. The third kappa shape index (κ3) is 2.40. The molecule has 22 heavy (non-hydrogen) atoms. The molecular weight excluding hydrogens is 272 g/mol. The third-order valence-electron chi connectivity index (χ3n) is 4.47. The summed E-state index contributed by atoms with van der Waals surface area (Å²) < 4.78 is 2.04. The summed E-state index contributed by atoms with van der Waals surface area (Å²) >= 11 is 0. The van der Waals surface area contributed by atoms with E-state index in [1.165, 1.54) is 31.5 Å². The van der Waals surface area contributed by atoms with Gasteiger partial charge in [-0.15, -0.1) is 0 Å². The van der Waals surface area contributed by atoms with E-state index in [-0.39, 0.29) is 0 Å². The Labute approximate surface area is 130 Å². The Morgan fingerprint density at radius 2 is 1.91 bits per heavy atom. The van der Waals surface area contributed by atoms with Crippen molar-refractivity contribution in [3.05, 3.63) is 48.4 Å². The maximum Gasteiger partial charge on any atom is 0.140 e. The molecule has 1 fully saturated rings. The lowest BCUT2D eigenvalue weighted by atomic mass is 10.1. The number of hydrogen-bond donors (Lipinski definition) is 0. The molecule has 4 nitrogen and oxygen atoms in total.